The van der Waals surface area contributed by atoms with Crippen molar-refractivity contribution >= 4 is 23.2 Å². The number of carbonyl (C=O) groups is 2. The number of pyridine rings is 1. The van der Waals surface area contributed by atoms with Crippen molar-refractivity contribution < 1.29 is 23.8 Å². The van der Waals surface area contributed by atoms with E-state index in [1.807, 2.05) is 12.1 Å². The van der Waals surface area contributed by atoms with E-state index >= 15 is 0 Å². The van der Waals surface area contributed by atoms with E-state index < -0.39 is 0 Å². The second kappa shape index (κ2) is 8.52. The van der Waals surface area contributed by atoms with Crippen LogP contribution in [0, 0.1) is 0 Å². The zero-order valence-electron chi connectivity index (χ0n) is 16.2. The fourth-order valence-electron chi connectivity index (χ4n) is 2.93. The smallest absolute Gasteiger partial charge is 0.262 e. The summed E-state index contributed by atoms with van der Waals surface area (Å²) >= 11 is 0. The van der Waals surface area contributed by atoms with Crippen molar-refractivity contribution in [2.24, 2.45) is 0 Å². The summed E-state index contributed by atoms with van der Waals surface area (Å²) in [6, 6.07) is 13.7. The van der Waals surface area contributed by atoms with Crippen molar-refractivity contribution in [1.82, 2.24) is 4.98 Å². The highest BCUT2D eigenvalue weighted by Crippen LogP contribution is 2.32. The Balaban J connectivity index is 1.50. The van der Waals surface area contributed by atoms with Gasteiger partial charge in [0.15, 0.2) is 18.1 Å². The highest BCUT2D eigenvalue weighted by Gasteiger charge is 2.17. The predicted octanol–water partition coefficient (Wildman–Crippen LogP) is 3.25. The van der Waals surface area contributed by atoms with E-state index in [1.54, 1.807) is 48.8 Å². The quantitative estimate of drug-likeness (QED) is 0.653. The van der Waals surface area contributed by atoms with Gasteiger partial charge < -0.3 is 24.8 Å². The van der Waals surface area contributed by atoms with Crippen LogP contribution in [0.1, 0.15) is 15.9 Å². The van der Waals surface area contributed by atoms with Gasteiger partial charge in [-0.15, -0.1) is 0 Å². The Kier molecular flexibility index (Phi) is 5.47. The average molecular weight is 405 g/mol. The Bertz CT molecular complexity index is 1090. The summed E-state index contributed by atoms with van der Waals surface area (Å²) in [6.07, 6.45) is 3.37. The van der Waals surface area contributed by atoms with Gasteiger partial charge >= 0.3 is 0 Å². The van der Waals surface area contributed by atoms with Crippen LogP contribution in [0.25, 0.3) is 0 Å². The predicted molar refractivity (Wildman–Crippen MR) is 110 cm³/mol. The zero-order valence-corrected chi connectivity index (χ0v) is 16.2. The van der Waals surface area contributed by atoms with Gasteiger partial charge in [-0.1, -0.05) is 0 Å². The second-order valence-electron chi connectivity index (χ2n) is 6.51. The molecule has 0 radical (unpaired) electrons. The van der Waals surface area contributed by atoms with Gasteiger partial charge in [-0.3, -0.25) is 14.6 Å². The SMILES string of the molecule is COc1ccc(C(=O)Nc2ccc3c(c2)NC(=O)CO3)cc1OCc1ccncc1. The maximum atomic E-state index is 12.7. The average Bonchev–Trinajstić information content (AvgIpc) is 2.78. The lowest BCUT2D eigenvalue weighted by atomic mass is 10.1. The molecule has 2 N–H and O–H groups in total. The number of carbonyl (C=O) groups excluding carboxylic acids is 2. The van der Waals surface area contributed by atoms with E-state index in [4.69, 9.17) is 14.2 Å². The lowest BCUT2D eigenvalue weighted by Crippen LogP contribution is -2.25. The van der Waals surface area contributed by atoms with Gasteiger partial charge in [-0.25, -0.2) is 0 Å². The minimum atomic E-state index is -0.325. The van der Waals surface area contributed by atoms with Crippen LogP contribution in [-0.4, -0.2) is 30.5 Å². The molecule has 0 fully saturated rings. The van der Waals surface area contributed by atoms with E-state index in [0.29, 0.717) is 40.8 Å². The van der Waals surface area contributed by atoms with Gasteiger partial charge in [0.25, 0.3) is 11.8 Å². The van der Waals surface area contributed by atoms with Crippen LogP contribution >= 0.6 is 0 Å². The Morgan fingerprint density at radius 3 is 2.77 bits per heavy atom. The maximum Gasteiger partial charge on any atom is 0.262 e. The molecule has 0 bridgehead atoms. The summed E-state index contributed by atoms with van der Waals surface area (Å²) in [6.45, 7) is 0.293. The van der Waals surface area contributed by atoms with Crippen LogP contribution < -0.4 is 24.8 Å². The van der Waals surface area contributed by atoms with Crippen molar-refractivity contribution in [3.8, 4) is 17.2 Å². The number of aromatic nitrogens is 1. The topological polar surface area (TPSA) is 98.8 Å². The molecule has 8 nitrogen and oxygen atoms in total. The first-order valence-electron chi connectivity index (χ1n) is 9.20. The number of amides is 2. The number of benzene rings is 2. The minimum Gasteiger partial charge on any atom is -0.493 e. The lowest BCUT2D eigenvalue weighted by molar-refractivity contribution is -0.118. The minimum absolute atomic E-state index is 0.0210. The number of ether oxygens (including phenoxy) is 3. The molecule has 0 spiro atoms. The Morgan fingerprint density at radius 1 is 1.13 bits per heavy atom. The number of hydrogen-bond donors (Lipinski definition) is 2. The third-order valence-electron chi connectivity index (χ3n) is 4.44. The van der Waals surface area contributed by atoms with E-state index in [9.17, 15) is 9.59 Å². The second-order valence-corrected chi connectivity index (χ2v) is 6.51. The first-order valence-corrected chi connectivity index (χ1v) is 9.20. The maximum absolute atomic E-state index is 12.7. The molecule has 1 aromatic heterocycles. The van der Waals surface area contributed by atoms with Gasteiger partial charge in [0.2, 0.25) is 0 Å². The van der Waals surface area contributed by atoms with Crippen LogP contribution in [0.5, 0.6) is 17.2 Å². The molecular weight excluding hydrogens is 386 g/mol. The summed E-state index contributed by atoms with van der Waals surface area (Å²) in [7, 11) is 1.54. The third-order valence-corrected chi connectivity index (χ3v) is 4.44. The standard InChI is InChI=1S/C22H19N3O5/c1-28-19-4-2-15(10-20(19)29-12-14-6-8-23-9-7-14)22(27)24-16-3-5-18-17(11-16)25-21(26)13-30-18/h2-11H,12-13H2,1H3,(H,24,27)(H,25,26). The number of rotatable bonds is 6. The Morgan fingerprint density at radius 2 is 1.97 bits per heavy atom. The molecule has 2 aromatic carbocycles. The van der Waals surface area contributed by atoms with Crippen molar-refractivity contribution in [3.63, 3.8) is 0 Å². The summed E-state index contributed by atoms with van der Waals surface area (Å²) in [4.78, 5) is 28.2. The number of fused-ring (bicyclic) bond motifs is 1. The van der Waals surface area contributed by atoms with Gasteiger partial charge in [0.1, 0.15) is 12.4 Å². The summed E-state index contributed by atoms with van der Waals surface area (Å²) in [5.74, 6) is 0.970. The number of nitrogens with zero attached hydrogens (tertiary/aromatic N) is 1. The fourth-order valence-corrected chi connectivity index (χ4v) is 2.93. The van der Waals surface area contributed by atoms with Crippen molar-refractivity contribution in [2.75, 3.05) is 24.4 Å². The van der Waals surface area contributed by atoms with Crippen molar-refractivity contribution in [3.05, 3.63) is 72.1 Å². The first kappa shape index (κ1) is 19.3. The molecule has 0 unspecified atom stereocenters. The monoisotopic (exact) mass is 405 g/mol. The molecule has 0 aliphatic carbocycles. The molecule has 152 valence electrons. The van der Waals surface area contributed by atoms with Gasteiger partial charge in [-0.2, -0.15) is 0 Å². The van der Waals surface area contributed by atoms with E-state index in [0.717, 1.165) is 5.56 Å². The molecule has 0 saturated carbocycles. The largest absolute Gasteiger partial charge is 0.493 e. The molecule has 8 heteroatoms. The number of nitrogens with one attached hydrogen (secondary N) is 2. The van der Waals surface area contributed by atoms with E-state index in [2.05, 4.69) is 15.6 Å². The molecule has 4 rings (SSSR count). The number of anilines is 2. The molecule has 1 aliphatic heterocycles. The molecule has 1 aliphatic rings. The Labute approximate surface area is 172 Å². The Hall–Kier alpha value is -4.07. The fraction of sp³-hybridized carbons (Fsp3) is 0.136. The zero-order chi connectivity index (χ0) is 20.9. The number of hydrogen-bond acceptors (Lipinski definition) is 6. The van der Waals surface area contributed by atoms with Gasteiger partial charge in [0, 0.05) is 23.6 Å². The molecule has 2 heterocycles. The molecule has 0 atom stereocenters. The van der Waals surface area contributed by atoms with Crippen LogP contribution in [0.4, 0.5) is 11.4 Å². The third kappa shape index (κ3) is 4.33. The normalized spacial score (nSPS) is 12.2. The molecule has 0 saturated heterocycles. The summed E-state index contributed by atoms with van der Waals surface area (Å²) < 4.78 is 16.5. The van der Waals surface area contributed by atoms with Gasteiger partial charge in [0.05, 0.1) is 12.8 Å². The van der Waals surface area contributed by atoms with E-state index in [1.165, 1.54) is 7.11 Å². The van der Waals surface area contributed by atoms with Crippen molar-refractivity contribution in [2.45, 2.75) is 6.61 Å². The van der Waals surface area contributed by atoms with Crippen LogP contribution in [-0.2, 0) is 11.4 Å². The summed E-state index contributed by atoms with van der Waals surface area (Å²) in [5, 5.41) is 5.52. The highest BCUT2D eigenvalue weighted by atomic mass is 16.5. The van der Waals surface area contributed by atoms with Crippen LogP contribution in [0.2, 0.25) is 0 Å². The molecule has 2 amide bonds. The van der Waals surface area contributed by atoms with Gasteiger partial charge in [-0.05, 0) is 54.1 Å². The summed E-state index contributed by atoms with van der Waals surface area (Å²) in [5.41, 5.74) is 2.39. The van der Waals surface area contributed by atoms with Crippen LogP contribution in [0.15, 0.2) is 60.9 Å². The first-order chi connectivity index (χ1) is 14.6. The van der Waals surface area contributed by atoms with E-state index in [-0.39, 0.29) is 18.4 Å². The molecular formula is C22H19N3O5. The van der Waals surface area contributed by atoms with Crippen molar-refractivity contribution in [1.29, 1.82) is 0 Å². The number of methoxy groups -OCH3 is 1. The lowest BCUT2D eigenvalue weighted by Gasteiger charge is -2.18. The molecule has 30 heavy (non-hydrogen) atoms. The molecule has 3 aromatic rings. The highest BCUT2D eigenvalue weighted by molar-refractivity contribution is 6.05. The van der Waals surface area contributed by atoms with Crippen LogP contribution in [0.3, 0.4) is 0 Å².